The van der Waals surface area contributed by atoms with E-state index in [9.17, 15) is 31.9 Å². The van der Waals surface area contributed by atoms with Gasteiger partial charge in [-0.15, -0.1) is 0 Å². The van der Waals surface area contributed by atoms with Gasteiger partial charge in [0, 0.05) is 30.5 Å². The van der Waals surface area contributed by atoms with Crippen LogP contribution in [-0.2, 0) is 17.4 Å². The molecule has 0 bridgehead atoms. The van der Waals surface area contributed by atoms with Crippen molar-refractivity contribution in [2.75, 3.05) is 11.4 Å². The Morgan fingerprint density at radius 1 is 1.06 bits per heavy atom. The number of aromatic nitrogens is 1. The highest BCUT2D eigenvalue weighted by molar-refractivity contribution is 5.97. The molecular formula is C23H19F5N2O2. The minimum absolute atomic E-state index is 0.0411. The molecule has 1 atom stereocenters. The summed E-state index contributed by atoms with van der Waals surface area (Å²) >= 11 is 0. The highest BCUT2D eigenvalue weighted by atomic mass is 19.4. The lowest BCUT2D eigenvalue weighted by Gasteiger charge is -2.26. The maximum atomic E-state index is 13.7. The standard InChI is InChI=1S/C23H19F5N2O2/c1-14-12-19(8-9-20(14)25)30(22(32)21(31)15-2-5-17(24)6-3-15)11-10-18-7-4-16(13-29-18)23(26,27)28/h2-9,12-13,21,31H,10-11H2,1H3/t21-/m1/s1. The molecule has 2 aromatic carbocycles. The number of rotatable bonds is 6. The van der Waals surface area contributed by atoms with E-state index < -0.39 is 35.4 Å². The van der Waals surface area contributed by atoms with Crippen LogP contribution in [0.15, 0.2) is 60.8 Å². The average molecular weight is 450 g/mol. The van der Waals surface area contributed by atoms with E-state index in [1.165, 1.54) is 48.2 Å². The van der Waals surface area contributed by atoms with Crippen molar-refractivity contribution in [2.24, 2.45) is 0 Å². The summed E-state index contributed by atoms with van der Waals surface area (Å²) in [5.41, 5.74) is 0.125. The van der Waals surface area contributed by atoms with Gasteiger partial charge in [-0.05, 0) is 60.5 Å². The molecule has 0 radical (unpaired) electrons. The second-order valence-electron chi connectivity index (χ2n) is 7.16. The molecule has 0 aliphatic carbocycles. The second-order valence-corrected chi connectivity index (χ2v) is 7.16. The molecule has 0 saturated carbocycles. The Hall–Kier alpha value is -3.33. The Labute approximate surface area is 180 Å². The zero-order valence-electron chi connectivity index (χ0n) is 16.9. The summed E-state index contributed by atoms with van der Waals surface area (Å²) in [7, 11) is 0. The number of halogens is 5. The summed E-state index contributed by atoms with van der Waals surface area (Å²) in [6.45, 7) is 1.47. The first-order valence-electron chi connectivity index (χ1n) is 9.59. The molecule has 1 N–H and O–H groups in total. The van der Waals surface area contributed by atoms with Crippen LogP contribution in [0.4, 0.5) is 27.6 Å². The Morgan fingerprint density at radius 2 is 1.75 bits per heavy atom. The second kappa shape index (κ2) is 9.44. The summed E-state index contributed by atoms with van der Waals surface area (Å²) in [5.74, 6) is -1.77. The van der Waals surface area contributed by atoms with Gasteiger partial charge in [0.2, 0.25) is 0 Å². The van der Waals surface area contributed by atoms with Crippen molar-refractivity contribution >= 4 is 11.6 Å². The van der Waals surface area contributed by atoms with Gasteiger partial charge >= 0.3 is 6.18 Å². The van der Waals surface area contributed by atoms with Crippen molar-refractivity contribution in [3.8, 4) is 0 Å². The van der Waals surface area contributed by atoms with Crippen molar-refractivity contribution in [1.29, 1.82) is 0 Å². The van der Waals surface area contributed by atoms with Gasteiger partial charge < -0.3 is 10.0 Å². The minimum Gasteiger partial charge on any atom is -0.378 e. The largest absolute Gasteiger partial charge is 0.417 e. The highest BCUT2D eigenvalue weighted by Crippen LogP contribution is 2.29. The number of aliphatic hydroxyl groups excluding tert-OH is 1. The van der Waals surface area contributed by atoms with Gasteiger partial charge in [-0.3, -0.25) is 9.78 Å². The number of nitrogens with zero attached hydrogens (tertiary/aromatic N) is 2. The van der Waals surface area contributed by atoms with Crippen LogP contribution in [0.25, 0.3) is 0 Å². The van der Waals surface area contributed by atoms with Crippen LogP contribution in [0.5, 0.6) is 0 Å². The lowest BCUT2D eigenvalue weighted by molar-refractivity contribution is -0.137. The molecule has 32 heavy (non-hydrogen) atoms. The Bertz CT molecular complexity index is 1080. The fourth-order valence-corrected chi connectivity index (χ4v) is 3.06. The molecule has 3 rings (SSSR count). The Kier molecular flexibility index (Phi) is 6.88. The fraction of sp³-hybridized carbons (Fsp3) is 0.217. The summed E-state index contributed by atoms with van der Waals surface area (Å²) in [6.07, 6.45) is -5.35. The van der Waals surface area contributed by atoms with Crippen molar-refractivity contribution in [2.45, 2.75) is 25.6 Å². The van der Waals surface area contributed by atoms with Crippen LogP contribution in [0.2, 0.25) is 0 Å². The molecule has 9 heteroatoms. The fourth-order valence-electron chi connectivity index (χ4n) is 3.06. The molecule has 0 saturated heterocycles. The van der Waals surface area contributed by atoms with Gasteiger partial charge in [-0.25, -0.2) is 8.78 Å². The van der Waals surface area contributed by atoms with E-state index >= 15 is 0 Å². The number of anilines is 1. The lowest BCUT2D eigenvalue weighted by atomic mass is 10.1. The van der Waals surface area contributed by atoms with Crippen molar-refractivity contribution < 1.29 is 31.9 Å². The van der Waals surface area contributed by atoms with E-state index in [1.54, 1.807) is 0 Å². The zero-order valence-corrected chi connectivity index (χ0v) is 16.9. The first kappa shape index (κ1) is 23.3. The minimum atomic E-state index is -4.52. The average Bonchev–Trinajstić information content (AvgIpc) is 2.76. The number of pyridine rings is 1. The number of aliphatic hydroxyl groups is 1. The van der Waals surface area contributed by atoms with E-state index in [0.717, 1.165) is 18.2 Å². The molecule has 0 aliphatic rings. The first-order valence-corrected chi connectivity index (χ1v) is 9.59. The van der Waals surface area contributed by atoms with Gasteiger partial charge in [0.15, 0.2) is 6.10 Å². The first-order chi connectivity index (χ1) is 15.1. The maximum Gasteiger partial charge on any atom is 0.417 e. The van der Waals surface area contributed by atoms with Crippen LogP contribution >= 0.6 is 0 Å². The van der Waals surface area contributed by atoms with Crippen molar-refractivity contribution in [1.82, 2.24) is 4.98 Å². The molecule has 1 aromatic heterocycles. The predicted molar refractivity (Wildman–Crippen MR) is 108 cm³/mol. The summed E-state index contributed by atoms with van der Waals surface area (Å²) in [4.78, 5) is 18.0. The number of hydrogen-bond donors (Lipinski definition) is 1. The van der Waals surface area contributed by atoms with Crippen molar-refractivity contribution in [3.05, 3.63) is 94.8 Å². The smallest absolute Gasteiger partial charge is 0.378 e. The third-order valence-corrected chi connectivity index (χ3v) is 4.88. The summed E-state index contributed by atoms with van der Waals surface area (Å²) in [5, 5.41) is 10.5. The molecule has 1 amide bonds. The number of hydrogen-bond acceptors (Lipinski definition) is 3. The molecule has 1 heterocycles. The van der Waals surface area contributed by atoms with E-state index in [4.69, 9.17) is 0 Å². The lowest BCUT2D eigenvalue weighted by Crippen LogP contribution is -2.37. The van der Waals surface area contributed by atoms with E-state index in [1.807, 2.05) is 0 Å². The van der Waals surface area contributed by atoms with Crippen LogP contribution in [0, 0.1) is 18.6 Å². The highest BCUT2D eigenvalue weighted by Gasteiger charge is 2.31. The topological polar surface area (TPSA) is 53.4 Å². The monoisotopic (exact) mass is 450 g/mol. The van der Waals surface area contributed by atoms with Gasteiger partial charge in [-0.1, -0.05) is 12.1 Å². The Morgan fingerprint density at radius 3 is 2.31 bits per heavy atom. The van der Waals surface area contributed by atoms with Crippen LogP contribution in [0.1, 0.15) is 28.5 Å². The number of benzene rings is 2. The van der Waals surface area contributed by atoms with Gasteiger partial charge in [0.05, 0.1) is 5.56 Å². The van der Waals surface area contributed by atoms with Crippen molar-refractivity contribution in [3.63, 3.8) is 0 Å². The number of carbonyl (C=O) groups is 1. The van der Waals surface area contributed by atoms with Crippen LogP contribution in [-0.4, -0.2) is 22.5 Å². The SMILES string of the molecule is Cc1cc(N(CCc2ccc(C(F)(F)F)cn2)C(=O)[C@H](O)c2ccc(F)cc2)ccc1F. The predicted octanol–water partition coefficient (Wildman–Crippen LogP) is 5.00. The molecule has 0 unspecified atom stereocenters. The number of amides is 1. The van der Waals surface area contributed by atoms with E-state index in [-0.39, 0.29) is 24.1 Å². The summed E-state index contributed by atoms with van der Waals surface area (Å²) in [6, 6.07) is 10.8. The van der Waals surface area contributed by atoms with Crippen LogP contribution in [0.3, 0.4) is 0 Å². The zero-order chi connectivity index (χ0) is 23.5. The Balaban J connectivity index is 1.86. The number of alkyl halides is 3. The van der Waals surface area contributed by atoms with Gasteiger partial charge in [0.25, 0.3) is 5.91 Å². The molecule has 0 spiro atoms. The van der Waals surface area contributed by atoms with Crippen LogP contribution < -0.4 is 4.90 Å². The molecule has 168 valence electrons. The maximum absolute atomic E-state index is 13.7. The quantitative estimate of drug-likeness (QED) is 0.538. The molecule has 0 aliphatic heterocycles. The molecule has 3 aromatic rings. The molecular weight excluding hydrogens is 431 g/mol. The third-order valence-electron chi connectivity index (χ3n) is 4.88. The van der Waals surface area contributed by atoms with Gasteiger partial charge in [0.1, 0.15) is 11.6 Å². The molecule has 0 fully saturated rings. The van der Waals surface area contributed by atoms with E-state index in [2.05, 4.69) is 4.98 Å². The molecule has 4 nitrogen and oxygen atoms in total. The number of aryl methyl sites for hydroxylation is 1. The third kappa shape index (κ3) is 5.47. The van der Waals surface area contributed by atoms with E-state index in [0.29, 0.717) is 17.6 Å². The normalized spacial score (nSPS) is 12.5. The summed E-state index contributed by atoms with van der Waals surface area (Å²) < 4.78 is 65.1. The van der Waals surface area contributed by atoms with Gasteiger partial charge in [-0.2, -0.15) is 13.2 Å². The number of carbonyl (C=O) groups excluding carboxylic acids is 1.